The molecule has 6 heteroatoms. The van der Waals surface area contributed by atoms with E-state index in [2.05, 4.69) is 0 Å². The fourth-order valence-corrected chi connectivity index (χ4v) is 1.82. The van der Waals surface area contributed by atoms with E-state index in [1.165, 1.54) is 18.2 Å². The third kappa shape index (κ3) is 3.17. The van der Waals surface area contributed by atoms with Crippen molar-refractivity contribution in [1.82, 2.24) is 0 Å². The Bertz CT molecular complexity index is 724. The average Bonchev–Trinajstić information content (AvgIpc) is 2.42. The number of nitro groups is 1. The Hall–Kier alpha value is -2.89. The number of ether oxygens (including phenoxy) is 1. The molecule has 2 aromatic carbocycles. The van der Waals surface area contributed by atoms with E-state index >= 15 is 0 Å². The molecule has 0 aliphatic heterocycles. The van der Waals surface area contributed by atoms with Crippen LogP contribution in [-0.4, -0.2) is 16.0 Å². The number of nitrogens with zero attached hydrogens (tertiary/aromatic N) is 1. The number of hydrogen-bond donors (Lipinski definition) is 1. The normalized spacial score (nSPS) is 10.2. The number of aryl methyl sites for hydroxylation is 2. The van der Waals surface area contributed by atoms with Gasteiger partial charge in [-0.25, -0.2) is 4.79 Å². The summed E-state index contributed by atoms with van der Waals surface area (Å²) in [6.07, 6.45) is 0. The minimum atomic E-state index is -1.06. The Balaban J connectivity index is 2.38. The van der Waals surface area contributed by atoms with Crippen LogP contribution < -0.4 is 4.74 Å². The third-order valence-corrected chi connectivity index (χ3v) is 3.04. The molecule has 0 aromatic heterocycles. The Kier molecular flexibility index (Phi) is 3.89. The van der Waals surface area contributed by atoms with Crippen LogP contribution in [0.1, 0.15) is 21.5 Å². The molecule has 6 nitrogen and oxygen atoms in total. The van der Waals surface area contributed by atoms with E-state index in [1.54, 1.807) is 32.0 Å². The topological polar surface area (TPSA) is 89.7 Å². The van der Waals surface area contributed by atoms with Crippen molar-refractivity contribution < 1.29 is 19.6 Å². The van der Waals surface area contributed by atoms with Crippen molar-refractivity contribution in [3.63, 3.8) is 0 Å². The lowest BCUT2D eigenvalue weighted by Crippen LogP contribution is -1.98. The highest BCUT2D eigenvalue weighted by atomic mass is 16.6. The molecule has 0 aliphatic carbocycles. The molecule has 0 bridgehead atoms. The summed E-state index contributed by atoms with van der Waals surface area (Å²) in [6.45, 7) is 3.40. The second kappa shape index (κ2) is 5.62. The van der Waals surface area contributed by atoms with E-state index < -0.39 is 10.9 Å². The van der Waals surface area contributed by atoms with Crippen LogP contribution in [0, 0.1) is 24.0 Å². The van der Waals surface area contributed by atoms with Gasteiger partial charge in [-0.2, -0.15) is 0 Å². The maximum atomic E-state index is 11.0. The van der Waals surface area contributed by atoms with Crippen LogP contribution in [-0.2, 0) is 0 Å². The zero-order valence-electron chi connectivity index (χ0n) is 11.5. The summed E-state index contributed by atoms with van der Waals surface area (Å²) in [7, 11) is 0. The van der Waals surface area contributed by atoms with E-state index in [9.17, 15) is 14.9 Å². The van der Waals surface area contributed by atoms with E-state index in [1.807, 2.05) is 0 Å². The maximum absolute atomic E-state index is 11.0. The Morgan fingerprint density at radius 2 is 1.81 bits per heavy atom. The fourth-order valence-electron chi connectivity index (χ4n) is 1.82. The number of carbonyl (C=O) groups is 1. The molecular formula is C15H13NO5. The van der Waals surface area contributed by atoms with E-state index in [0.29, 0.717) is 11.3 Å². The Morgan fingerprint density at radius 3 is 2.43 bits per heavy atom. The van der Waals surface area contributed by atoms with Gasteiger partial charge < -0.3 is 9.84 Å². The molecule has 1 N–H and O–H groups in total. The summed E-state index contributed by atoms with van der Waals surface area (Å²) in [5.41, 5.74) is 1.32. The molecule has 2 rings (SSSR count). The van der Waals surface area contributed by atoms with Gasteiger partial charge in [0.25, 0.3) is 5.69 Å². The smallest absolute Gasteiger partial charge is 0.335 e. The number of benzene rings is 2. The van der Waals surface area contributed by atoms with Crippen molar-refractivity contribution >= 4 is 11.7 Å². The Morgan fingerprint density at radius 1 is 1.14 bits per heavy atom. The molecule has 0 fully saturated rings. The van der Waals surface area contributed by atoms with Gasteiger partial charge in [0, 0.05) is 5.56 Å². The van der Waals surface area contributed by atoms with Gasteiger partial charge in [-0.1, -0.05) is 6.07 Å². The highest BCUT2D eigenvalue weighted by Gasteiger charge is 2.13. The summed E-state index contributed by atoms with van der Waals surface area (Å²) >= 11 is 0. The molecule has 2 aromatic rings. The van der Waals surface area contributed by atoms with Gasteiger partial charge in [-0.3, -0.25) is 10.1 Å². The second-order valence-electron chi connectivity index (χ2n) is 4.59. The first-order valence-corrected chi connectivity index (χ1v) is 6.15. The summed E-state index contributed by atoms with van der Waals surface area (Å²) < 4.78 is 5.58. The van der Waals surface area contributed by atoms with Crippen LogP contribution in [0.5, 0.6) is 11.5 Å². The number of carboxylic acid groups (broad SMARTS) is 1. The van der Waals surface area contributed by atoms with E-state index in [0.717, 1.165) is 5.56 Å². The number of rotatable bonds is 4. The molecule has 0 aliphatic rings. The van der Waals surface area contributed by atoms with Gasteiger partial charge >= 0.3 is 5.97 Å². The predicted molar refractivity (Wildman–Crippen MR) is 76.0 cm³/mol. The molecule has 0 saturated heterocycles. The number of carboxylic acids is 1. The highest BCUT2D eigenvalue weighted by Crippen LogP contribution is 2.30. The minimum absolute atomic E-state index is 0.0421. The van der Waals surface area contributed by atoms with Gasteiger partial charge in [0.15, 0.2) is 0 Å². The van der Waals surface area contributed by atoms with Crippen molar-refractivity contribution in [3.05, 3.63) is 63.2 Å². The molecule has 0 amide bonds. The lowest BCUT2D eigenvalue weighted by molar-refractivity contribution is -0.385. The SMILES string of the molecule is Cc1ccc(C(=O)O)cc1Oc1ccc(C)c([N+](=O)[O-])c1. The van der Waals surface area contributed by atoms with Gasteiger partial charge in [-0.05, 0) is 43.7 Å². The number of nitro benzene ring substituents is 1. The molecule has 0 heterocycles. The van der Waals surface area contributed by atoms with Gasteiger partial charge in [0.2, 0.25) is 0 Å². The minimum Gasteiger partial charge on any atom is -0.478 e. The lowest BCUT2D eigenvalue weighted by Gasteiger charge is -2.10. The van der Waals surface area contributed by atoms with Crippen molar-refractivity contribution in [3.8, 4) is 11.5 Å². The molecule has 0 spiro atoms. The zero-order valence-corrected chi connectivity index (χ0v) is 11.5. The molecule has 0 saturated carbocycles. The largest absolute Gasteiger partial charge is 0.478 e. The van der Waals surface area contributed by atoms with E-state index in [4.69, 9.17) is 9.84 Å². The van der Waals surface area contributed by atoms with Crippen molar-refractivity contribution in [2.24, 2.45) is 0 Å². The van der Waals surface area contributed by atoms with Gasteiger partial charge in [-0.15, -0.1) is 0 Å². The monoisotopic (exact) mass is 287 g/mol. The van der Waals surface area contributed by atoms with Crippen LogP contribution in [0.25, 0.3) is 0 Å². The fraction of sp³-hybridized carbons (Fsp3) is 0.133. The predicted octanol–water partition coefficient (Wildman–Crippen LogP) is 3.70. The summed E-state index contributed by atoms with van der Waals surface area (Å²) in [5, 5.41) is 19.9. The molecule has 0 radical (unpaired) electrons. The first kappa shape index (κ1) is 14.5. The van der Waals surface area contributed by atoms with Crippen molar-refractivity contribution in [1.29, 1.82) is 0 Å². The molecule has 108 valence electrons. The summed E-state index contributed by atoms with van der Waals surface area (Å²) in [4.78, 5) is 21.4. The first-order chi connectivity index (χ1) is 9.88. The van der Waals surface area contributed by atoms with Gasteiger partial charge in [0.05, 0.1) is 16.6 Å². The quantitative estimate of drug-likeness (QED) is 0.684. The van der Waals surface area contributed by atoms with Crippen LogP contribution in [0.15, 0.2) is 36.4 Å². The Labute approximate surface area is 120 Å². The average molecular weight is 287 g/mol. The summed E-state index contributed by atoms with van der Waals surface area (Å²) in [6, 6.07) is 9.01. The van der Waals surface area contributed by atoms with Gasteiger partial charge in [0.1, 0.15) is 11.5 Å². The molecular weight excluding hydrogens is 274 g/mol. The first-order valence-electron chi connectivity index (χ1n) is 6.15. The third-order valence-electron chi connectivity index (χ3n) is 3.04. The highest BCUT2D eigenvalue weighted by molar-refractivity contribution is 5.88. The van der Waals surface area contributed by atoms with Crippen molar-refractivity contribution in [2.45, 2.75) is 13.8 Å². The van der Waals surface area contributed by atoms with E-state index in [-0.39, 0.29) is 17.0 Å². The maximum Gasteiger partial charge on any atom is 0.335 e. The molecule has 0 unspecified atom stereocenters. The molecule has 0 atom stereocenters. The second-order valence-corrected chi connectivity index (χ2v) is 4.59. The standard InChI is InChI=1S/C15H13NO5/c1-9-4-6-12(8-13(9)16(19)20)21-14-7-11(15(17)18)5-3-10(14)2/h3-8H,1-2H3,(H,17,18). The van der Waals surface area contributed by atoms with Crippen LogP contribution in [0.2, 0.25) is 0 Å². The zero-order chi connectivity index (χ0) is 15.6. The number of aromatic carboxylic acids is 1. The number of hydrogen-bond acceptors (Lipinski definition) is 4. The van der Waals surface area contributed by atoms with Crippen molar-refractivity contribution in [2.75, 3.05) is 0 Å². The summed E-state index contributed by atoms with van der Waals surface area (Å²) in [5.74, 6) is -0.416. The lowest BCUT2D eigenvalue weighted by atomic mass is 10.1. The van der Waals surface area contributed by atoms with Crippen LogP contribution >= 0.6 is 0 Å². The van der Waals surface area contributed by atoms with Crippen LogP contribution in [0.3, 0.4) is 0 Å². The van der Waals surface area contributed by atoms with Crippen LogP contribution in [0.4, 0.5) is 5.69 Å². The molecule has 21 heavy (non-hydrogen) atoms.